The van der Waals surface area contributed by atoms with Crippen molar-refractivity contribution in [3.63, 3.8) is 0 Å². The molecule has 0 aliphatic carbocycles. The van der Waals surface area contributed by atoms with Crippen LogP contribution in [0.1, 0.15) is 60.3 Å². The van der Waals surface area contributed by atoms with Gasteiger partial charge >= 0.3 is 5.97 Å². The standard InChI is InChI=1S/C19H34O3/c1-14(2)18(19(20)22-7)16(4)12-8-10-15(3)11-9-13-17(5)21-6/h8,12,14-15,17H,9-11,13H2,1-7H3. The van der Waals surface area contributed by atoms with Crippen molar-refractivity contribution in [2.45, 2.75) is 66.4 Å². The van der Waals surface area contributed by atoms with Gasteiger partial charge in [-0.05, 0) is 44.1 Å². The third kappa shape index (κ3) is 8.38. The molecule has 3 nitrogen and oxygen atoms in total. The Labute approximate surface area is 136 Å². The van der Waals surface area contributed by atoms with Gasteiger partial charge in [-0.25, -0.2) is 4.79 Å². The highest BCUT2D eigenvalue weighted by molar-refractivity contribution is 5.90. The molecule has 0 spiro atoms. The van der Waals surface area contributed by atoms with Gasteiger partial charge in [0.1, 0.15) is 0 Å². The summed E-state index contributed by atoms with van der Waals surface area (Å²) in [6, 6.07) is 0. The van der Waals surface area contributed by atoms with Gasteiger partial charge in [0.05, 0.1) is 13.2 Å². The molecule has 0 radical (unpaired) electrons. The predicted molar refractivity (Wildman–Crippen MR) is 92.8 cm³/mol. The molecule has 2 unspecified atom stereocenters. The molecule has 0 amide bonds. The van der Waals surface area contributed by atoms with E-state index in [2.05, 4.69) is 26.0 Å². The summed E-state index contributed by atoms with van der Waals surface area (Å²) in [7, 11) is 3.20. The zero-order valence-electron chi connectivity index (χ0n) is 15.4. The third-order valence-corrected chi connectivity index (χ3v) is 4.02. The number of carbonyl (C=O) groups excluding carboxylic acids is 1. The van der Waals surface area contributed by atoms with E-state index in [4.69, 9.17) is 9.47 Å². The van der Waals surface area contributed by atoms with Crippen LogP contribution in [0.15, 0.2) is 23.3 Å². The molecule has 0 aromatic carbocycles. The van der Waals surface area contributed by atoms with Gasteiger partial charge in [-0.1, -0.05) is 45.8 Å². The van der Waals surface area contributed by atoms with Crippen molar-refractivity contribution in [3.8, 4) is 0 Å². The van der Waals surface area contributed by atoms with Crippen molar-refractivity contribution in [1.82, 2.24) is 0 Å². The van der Waals surface area contributed by atoms with Gasteiger partial charge in [0, 0.05) is 12.7 Å². The monoisotopic (exact) mass is 310 g/mol. The number of methoxy groups -OCH3 is 2. The highest BCUT2D eigenvalue weighted by Gasteiger charge is 2.15. The maximum absolute atomic E-state index is 11.8. The number of carbonyl (C=O) groups is 1. The van der Waals surface area contributed by atoms with Crippen molar-refractivity contribution in [2.24, 2.45) is 11.8 Å². The topological polar surface area (TPSA) is 35.5 Å². The number of hydrogen-bond acceptors (Lipinski definition) is 3. The average molecular weight is 310 g/mol. The first-order valence-corrected chi connectivity index (χ1v) is 8.31. The van der Waals surface area contributed by atoms with Crippen LogP contribution in [0.25, 0.3) is 0 Å². The fourth-order valence-electron chi connectivity index (χ4n) is 2.52. The number of hydrogen-bond donors (Lipinski definition) is 0. The minimum absolute atomic E-state index is 0.171. The van der Waals surface area contributed by atoms with Crippen molar-refractivity contribution < 1.29 is 14.3 Å². The summed E-state index contributed by atoms with van der Waals surface area (Å²) in [6.07, 6.45) is 9.12. The number of rotatable bonds is 10. The molecule has 0 aromatic rings. The Hall–Kier alpha value is -1.09. The zero-order chi connectivity index (χ0) is 17.1. The van der Waals surface area contributed by atoms with E-state index < -0.39 is 0 Å². The van der Waals surface area contributed by atoms with E-state index in [1.54, 1.807) is 7.11 Å². The largest absolute Gasteiger partial charge is 0.466 e. The molecule has 22 heavy (non-hydrogen) atoms. The van der Waals surface area contributed by atoms with Gasteiger partial charge < -0.3 is 9.47 Å². The van der Waals surface area contributed by atoms with E-state index in [-0.39, 0.29) is 11.9 Å². The molecule has 128 valence electrons. The lowest BCUT2D eigenvalue weighted by Crippen LogP contribution is -2.11. The lowest BCUT2D eigenvalue weighted by atomic mass is 9.96. The predicted octanol–water partition coefficient (Wildman–Crippen LogP) is 4.92. The quantitative estimate of drug-likeness (QED) is 0.326. The molecule has 0 heterocycles. The lowest BCUT2D eigenvalue weighted by molar-refractivity contribution is -0.136. The van der Waals surface area contributed by atoms with Crippen LogP contribution in [0.4, 0.5) is 0 Å². The summed E-state index contributed by atoms with van der Waals surface area (Å²) in [5.74, 6) is 0.595. The molecule has 2 atom stereocenters. The van der Waals surface area contributed by atoms with Crippen LogP contribution in [0, 0.1) is 11.8 Å². The molecule has 0 N–H and O–H groups in total. The fourth-order valence-corrected chi connectivity index (χ4v) is 2.52. The molecule has 0 fully saturated rings. The summed E-state index contributed by atoms with van der Waals surface area (Å²) < 4.78 is 10.1. The third-order valence-electron chi connectivity index (χ3n) is 4.02. The van der Waals surface area contributed by atoms with Crippen molar-refractivity contribution in [2.75, 3.05) is 14.2 Å². The van der Waals surface area contributed by atoms with Crippen LogP contribution in [-0.2, 0) is 14.3 Å². The number of ether oxygens (including phenoxy) is 2. The van der Waals surface area contributed by atoms with E-state index in [1.165, 1.54) is 20.0 Å². The first-order valence-electron chi connectivity index (χ1n) is 8.31. The van der Waals surface area contributed by atoms with E-state index in [0.717, 1.165) is 24.0 Å². The van der Waals surface area contributed by atoms with E-state index >= 15 is 0 Å². The normalized spacial score (nSPS) is 15.8. The summed E-state index contributed by atoms with van der Waals surface area (Å²) >= 11 is 0. The molecule has 3 heteroatoms. The maximum Gasteiger partial charge on any atom is 0.334 e. The second-order valence-corrected chi connectivity index (χ2v) is 6.46. The van der Waals surface area contributed by atoms with Gasteiger partial charge in [0.2, 0.25) is 0 Å². The summed E-state index contributed by atoms with van der Waals surface area (Å²) in [5, 5.41) is 0. The number of allylic oxidation sites excluding steroid dienone is 3. The minimum atomic E-state index is -0.223. The Morgan fingerprint density at radius 3 is 2.23 bits per heavy atom. The van der Waals surface area contributed by atoms with Crippen molar-refractivity contribution in [3.05, 3.63) is 23.3 Å². The Kier molecular flexibility index (Phi) is 10.9. The fraction of sp³-hybridized carbons (Fsp3) is 0.737. The van der Waals surface area contributed by atoms with Gasteiger partial charge in [-0.2, -0.15) is 0 Å². The molecular formula is C19H34O3. The van der Waals surface area contributed by atoms with Crippen LogP contribution in [0.3, 0.4) is 0 Å². The minimum Gasteiger partial charge on any atom is -0.466 e. The van der Waals surface area contributed by atoms with Crippen LogP contribution in [0.2, 0.25) is 0 Å². The first kappa shape index (κ1) is 20.9. The number of esters is 1. The van der Waals surface area contributed by atoms with E-state index in [9.17, 15) is 4.79 Å². The molecule has 0 saturated heterocycles. The molecular weight excluding hydrogens is 276 g/mol. The molecule has 0 rings (SSSR count). The summed E-state index contributed by atoms with van der Waals surface area (Å²) in [5.41, 5.74) is 1.77. The smallest absolute Gasteiger partial charge is 0.334 e. The Balaban J connectivity index is 4.42. The second kappa shape index (κ2) is 11.5. The van der Waals surface area contributed by atoms with Crippen LogP contribution < -0.4 is 0 Å². The van der Waals surface area contributed by atoms with Crippen LogP contribution in [0.5, 0.6) is 0 Å². The average Bonchev–Trinajstić information content (AvgIpc) is 2.46. The molecule has 0 bridgehead atoms. The van der Waals surface area contributed by atoms with Crippen molar-refractivity contribution >= 4 is 5.97 Å². The highest BCUT2D eigenvalue weighted by atomic mass is 16.5. The SMILES string of the molecule is COC(=O)C(=C(C)C=CCC(C)CCCC(C)OC)C(C)C. The highest BCUT2D eigenvalue weighted by Crippen LogP contribution is 2.19. The summed E-state index contributed by atoms with van der Waals surface area (Å²) in [6.45, 7) is 10.4. The first-order chi connectivity index (χ1) is 10.3. The van der Waals surface area contributed by atoms with Gasteiger partial charge in [0.15, 0.2) is 0 Å². The molecule has 0 aliphatic heterocycles. The lowest BCUT2D eigenvalue weighted by Gasteiger charge is -2.13. The molecule has 0 saturated carbocycles. The van der Waals surface area contributed by atoms with E-state index in [1.807, 2.05) is 20.8 Å². The van der Waals surface area contributed by atoms with Crippen LogP contribution >= 0.6 is 0 Å². The van der Waals surface area contributed by atoms with Gasteiger partial charge in [-0.15, -0.1) is 0 Å². The molecule has 0 aliphatic rings. The van der Waals surface area contributed by atoms with E-state index in [0.29, 0.717) is 12.0 Å². The Bertz CT molecular complexity index is 380. The van der Waals surface area contributed by atoms with Gasteiger partial charge in [-0.3, -0.25) is 0 Å². The molecule has 0 aromatic heterocycles. The Morgan fingerprint density at radius 2 is 1.73 bits per heavy atom. The summed E-state index contributed by atoms with van der Waals surface area (Å²) in [4.78, 5) is 11.8. The van der Waals surface area contributed by atoms with Gasteiger partial charge in [0.25, 0.3) is 0 Å². The van der Waals surface area contributed by atoms with Crippen LogP contribution in [-0.4, -0.2) is 26.3 Å². The Morgan fingerprint density at radius 1 is 1.09 bits per heavy atom. The van der Waals surface area contributed by atoms with Crippen molar-refractivity contribution in [1.29, 1.82) is 0 Å². The zero-order valence-corrected chi connectivity index (χ0v) is 15.4. The maximum atomic E-state index is 11.8. The second-order valence-electron chi connectivity index (χ2n) is 6.46.